The van der Waals surface area contributed by atoms with Crippen molar-refractivity contribution in [3.05, 3.63) is 112 Å². The molecule has 1 aliphatic heterocycles. The van der Waals surface area contributed by atoms with Crippen molar-refractivity contribution in [2.75, 3.05) is 23.5 Å². The topological polar surface area (TPSA) is 103 Å². The number of rotatable bonds is 8. The molecule has 3 aromatic rings. The minimum atomic E-state index is -0.592. The summed E-state index contributed by atoms with van der Waals surface area (Å²) in [6.45, 7) is 1.80. The number of allylic oxidation sites excluding steroid dienone is 2. The van der Waals surface area contributed by atoms with E-state index in [-0.39, 0.29) is 17.6 Å². The SMILES string of the molecule is COc1ccc(NC(=O)C2=C(C)NC(SCC(=O)Nc3ccccc3)=C(C#N)[C@H]2c2ccccc2)cc1. The van der Waals surface area contributed by atoms with E-state index in [1.807, 2.05) is 60.7 Å². The molecular formula is C29H26N4O3S. The number of methoxy groups -OCH3 is 1. The lowest BCUT2D eigenvalue weighted by atomic mass is 9.82. The van der Waals surface area contributed by atoms with Gasteiger partial charge in [0.2, 0.25) is 5.91 Å². The number of ether oxygens (including phenoxy) is 1. The van der Waals surface area contributed by atoms with Crippen LogP contribution in [0.4, 0.5) is 11.4 Å². The van der Waals surface area contributed by atoms with Gasteiger partial charge in [-0.2, -0.15) is 5.26 Å². The molecule has 1 atom stereocenters. The molecule has 0 aliphatic carbocycles. The number of thioether (sulfide) groups is 1. The van der Waals surface area contributed by atoms with Crippen molar-refractivity contribution in [3.8, 4) is 11.8 Å². The number of dihydropyridines is 1. The zero-order valence-electron chi connectivity index (χ0n) is 20.4. The van der Waals surface area contributed by atoms with Gasteiger partial charge in [0.1, 0.15) is 5.75 Å². The zero-order chi connectivity index (χ0) is 26.2. The molecule has 186 valence electrons. The maximum atomic E-state index is 13.5. The average Bonchev–Trinajstić information content (AvgIpc) is 2.92. The monoisotopic (exact) mass is 510 g/mol. The number of carbonyl (C=O) groups is 2. The lowest BCUT2D eigenvalue weighted by Crippen LogP contribution is -2.31. The smallest absolute Gasteiger partial charge is 0.254 e. The molecule has 7 nitrogen and oxygen atoms in total. The Balaban J connectivity index is 1.60. The number of carbonyl (C=O) groups excluding carboxylic acids is 2. The minimum absolute atomic E-state index is 0.102. The second-order valence-electron chi connectivity index (χ2n) is 8.25. The third kappa shape index (κ3) is 6.21. The first-order valence-electron chi connectivity index (χ1n) is 11.6. The Hall–Kier alpha value is -4.48. The molecule has 0 unspecified atom stereocenters. The summed E-state index contributed by atoms with van der Waals surface area (Å²) in [7, 11) is 1.58. The van der Waals surface area contributed by atoms with Crippen molar-refractivity contribution < 1.29 is 14.3 Å². The van der Waals surface area contributed by atoms with E-state index in [0.29, 0.717) is 39.0 Å². The highest BCUT2D eigenvalue weighted by atomic mass is 32.2. The first-order valence-corrected chi connectivity index (χ1v) is 12.6. The Morgan fingerprint density at radius 1 is 0.946 bits per heavy atom. The van der Waals surface area contributed by atoms with E-state index in [1.54, 1.807) is 38.3 Å². The number of hydrogen-bond donors (Lipinski definition) is 3. The van der Waals surface area contributed by atoms with Crippen molar-refractivity contribution >= 4 is 35.0 Å². The number of hydrogen-bond acceptors (Lipinski definition) is 6. The van der Waals surface area contributed by atoms with E-state index in [9.17, 15) is 14.9 Å². The van der Waals surface area contributed by atoms with Crippen molar-refractivity contribution in [1.82, 2.24) is 5.32 Å². The number of amides is 2. The molecule has 0 saturated carbocycles. The van der Waals surface area contributed by atoms with Gasteiger partial charge in [0, 0.05) is 22.6 Å². The third-order valence-corrected chi connectivity index (χ3v) is 6.80. The number of nitriles is 1. The van der Waals surface area contributed by atoms with Crippen molar-refractivity contribution in [2.45, 2.75) is 12.8 Å². The number of benzene rings is 3. The van der Waals surface area contributed by atoms with Crippen LogP contribution in [0.15, 0.2) is 107 Å². The molecule has 0 radical (unpaired) electrons. The summed E-state index contributed by atoms with van der Waals surface area (Å²) in [6, 6.07) is 28.0. The number of nitrogens with one attached hydrogen (secondary N) is 3. The number of anilines is 2. The molecule has 0 saturated heterocycles. The highest BCUT2D eigenvalue weighted by Crippen LogP contribution is 2.41. The van der Waals surface area contributed by atoms with Gasteiger partial charge in [-0.25, -0.2) is 0 Å². The van der Waals surface area contributed by atoms with Crippen LogP contribution < -0.4 is 20.7 Å². The van der Waals surface area contributed by atoms with Crippen molar-refractivity contribution in [2.24, 2.45) is 0 Å². The summed E-state index contributed by atoms with van der Waals surface area (Å²) < 4.78 is 5.19. The zero-order valence-corrected chi connectivity index (χ0v) is 21.3. The second-order valence-corrected chi connectivity index (χ2v) is 9.23. The first-order chi connectivity index (χ1) is 18.0. The Labute approximate surface area is 220 Å². The van der Waals surface area contributed by atoms with Gasteiger partial charge in [0.25, 0.3) is 5.91 Å². The van der Waals surface area contributed by atoms with Crippen LogP contribution in [0.25, 0.3) is 0 Å². The first kappa shape index (κ1) is 25.6. The van der Waals surface area contributed by atoms with E-state index in [1.165, 1.54) is 11.8 Å². The summed E-state index contributed by atoms with van der Waals surface area (Å²) >= 11 is 1.24. The van der Waals surface area contributed by atoms with E-state index in [2.05, 4.69) is 22.0 Å². The van der Waals surface area contributed by atoms with Crippen LogP contribution >= 0.6 is 11.8 Å². The molecule has 2 amide bonds. The van der Waals surface area contributed by atoms with E-state index < -0.39 is 5.92 Å². The third-order valence-electron chi connectivity index (χ3n) is 5.78. The predicted molar refractivity (Wildman–Crippen MR) is 147 cm³/mol. The van der Waals surface area contributed by atoms with Gasteiger partial charge in [0.05, 0.1) is 35.5 Å². The molecule has 0 fully saturated rings. The molecule has 3 aromatic carbocycles. The summed E-state index contributed by atoms with van der Waals surface area (Å²) in [4.78, 5) is 26.1. The Morgan fingerprint density at radius 2 is 1.57 bits per heavy atom. The summed E-state index contributed by atoms with van der Waals surface area (Å²) in [5, 5.41) is 19.7. The highest BCUT2D eigenvalue weighted by molar-refractivity contribution is 8.03. The molecule has 0 bridgehead atoms. The van der Waals surface area contributed by atoms with Gasteiger partial charge < -0.3 is 20.7 Å². The quantitative estimate of drug-likeness (QED) is 0.375. The predicted octanol–water partition coefficient (Wildman–Crippen LogP) is 5.40. The lowest BCUT2D eigenvalue weighted by Gasteiger charge is -2.30. The highest BCUT2D eigenvalue weighted by Gasteiger charge is 2.34. The molecule has 0 spiro atoms. The van der Waals surface area contributed by atoms with Gasteiger partial charge in [-0.05, 0) is 48.9 Å². The number of nitrogens with zero attached hydrogens (tertiary/aromatic N) is 1. The number of para-hydroxylation sites is 1. The lowest BCUT2D eigenvalue weighted by molar-refractivity contribution is -0.114. The van der Waals surface area contributed by atoms with Crippen molar-refractivity contribution in [3.63, 3.8) is 0 Å². The molecule has 8 heteroatoms. The summed E-state index contributed by atoms with van der Waals surface area (Å²) in [5.74, 6) is -0.316. The molecular weight excluding hydrogens is 484 g/mol. The van der Waals surface area contributed by atoms with Crippen LogP contribution in [0.2, 0.25) is 0 Å². The van der Waals surface area contributed by atoms with Crippen LogP contribution in [-0.2, 0) is 9.59 Å². The fourth-order valence-corrected chi connectivity index (χ4v) is 4.93. The van der Waals surface area contributed by atoms with Crippen LogP contribution in [-0.4, -0.2) is 24.7 Å². The van der Waals surface area contributed by atoms with Crippen LogP contribution in [0.5, 0.6) is 5.75 Å². The molecule has 0 aromatic heterocycles. The molecule has 1 aliphatic rings. The van der Waals surface area contributed by atoms with Crippen molar-refractivity contribution in [1.29, 1.82) is 5.26 Å². The summed E-state index contributed by atoms with van der Waals surface area (Å²) in [5.41, 5.74) is 3.57. The normalized spacial score (nSPS) is 14.9. The van der Waals surface area contributed by atoms with Gasteiger partial charge in [-0.1, -0.05) is 60.3 Å². The molecule has 3 N–H and O–H groups in total. The molecule has 37 heavy (non-hydrogen) atoms. The second kappa shape index (κ2) is 12.0. The van der Waals surface area contributed by atoms with Gasteiger partial charge >= 0.3 is 0 Å². The minimum Gasteiger partial charge on any atom is -0.497 e. The summed E-state index contributed by atoms with van der Waals surface area (Å²) in [6.07, 6.45) is 0. The Morgan fingerprint density at radius 3 is 2.19 bits per heavy atom. The van der Waals surface area contributed by atoms with Gasteiger partial charge in [0.15, 0.2) is 0 Å². The fraction of sp³-hybridized carbons (Fsp3) is 0.138. The fourth-order valence-electron chi connectivity index (χ4n) is 4.04. The van der Waals surface area contributed by atoms with Gasteiger partial charge in [-0.3, -0.25) is 9.59 Å². The largest absolute Gasteiger partial charge is 0.497 e. The van der Waals surface area contributed by atoms with Gasteiger partial charge in [-0.15, -0.1) is 0 Å². The Bertz CT molecular complexity index is 1380. The molecule has 1 heterocycles. The Kier molecular flexibility index (Phi) is 8.29. The molecule has 4 rings (SSSR count). The van der Waals surface area contributed by atoms with E-state index >= 15 is 0 Å². The van der Waals surface area contributed by atoms with Crippen LogP contribution in [0, 0.1) is 11.3 Å². The van der Waals surface area contributed by atoms with Crippen LogP contribution in [0.1, 0.15) is 18.4 Å². The van der Waals surface area contributed by atoms with E-state index in [0.717, 1.165) is 5.56 Å². The standard InChI is InChI=1S/C29H26N4O3S/c1-19-26(28(35)33-22-13-15-23(36-2)16-14-22)27(20-9-5-3-6-10-20)24(17-30)29(31-19)37-18-25(34)32-21-11-7-4-8-12-21/h3-16,27,31H,18H2,1-2H3,(H,32,34)(H,33,35)/t27-/m1/s1. The maximum Gasteiger partial charge on any atom is 0.254 e. The average molecular weight is 511 g/mol. The maximum absolute atomic E-state index is 13.5. The van der Waals surface area contributed by atoms with Crippen LogP contribution in [0.3, 0.4) is 0 Å². The van der Waals surface area contributed by atoms with E-state index in [4.69, 9.17) is 4.74 Å².